The molecule has 0 rings (SSSR count). The zero-order valence-corrected chi connectivity index (χ0v) is 14.1. The van der Waals surface area contributed by atoms with Crippen LogP contribution in [0.1, 0.15) is 59.8 Å². The highest BCUT2D eigenvalue weighted by molar-refractivity contribution is 5.77. The second-order valence-electron chi connectivity index (χ2n) is 5.95. The lowest BCUT2D eigenvalue weighted by Crippen LogP contribution is -2.20. The first-order valence-electron chi connectivity index (χ1n) is 7.47. The van der Waals surface area contributed by atoms with Gasteiger partial charge in [0.05, 0.1) is 0 Å². The molecule has 0 atom stereocenters. The number of carbonyl (C=O) groups is 1. The first-order chi connectivity index (χ1) is 9.32. The van der Waals surface area contributed by atoms with Crippen molar-refractivity contribution in [2.45, 2.75) is 59.8 Å². The normalized spacial score (nSPS) is 12.3. The number of hydrogen-bond donors (Lipinski definition) is 0. The average Bonchev–Trinajstić information content (AvgIpc) is 2.38. The van der Waals surface area contributed by atoms with Crippen molar-refractivity contribution in [2.24, 2.45) is 0 Å². The van der Waals surface area contributed by atoms with Crippen LogP contribution in [0, 0.1) is 0 Å². The van der Waals surface area contributed by atoms with Crippen molar-refractivity contribution in [3.8, 4) is 0 Å². The molecule has 0 spiro atoms. The van der Waals surface area contributed by atoms with Crippen LogP contribution >= 0.6 is 0 Å². The van der Waals surface area contributed by atoms with E-state index >= 15 is 0 Å². The van der Waals surface area contributed by atoms with Gasteiger partial charge in [-0.15, -0.1) is 0 Å². The van der Waals surface area contributed by atoms with E-state index in [-0.39, 0.29) is 5.91 Å². The fraction of sp³-hybridized carbons (Fsp3) is 0.611. The lowest BCUT2D eigenvalue weighted by atomic mass is 10.0. The third-order valence-corrected chi connectivity index (χ3v) is 3.25. The number of rotatable bonds is 8. The molecule has 1 amide bonds. The first-order valence-corrected chi connectivity index (χ1v) is 7.47. The van der Waals surface area contributed by atoms with E-state index in [1.54, 1.807) is 19.0 Å². The highest BCUT2D eigenvalue weighted by Gasteiger charge is 2.01. The van der Waals surface area contributed by atoms with Gasteiger partial charge < -0.3 is 4.90 Å². The van der Waals surface area contributed by atoms with E-state index < -0.39 is 0 Å². The maximum absolute atomic E-state index is 11.5. The highest BCUT2D eigenvalue weighted by atomic mass is 16.2. The third-order valence-electron chi connectivity index (χ3n) is 3.25. The molecule has 2 heteroatoms. The largest absolute Gasteiger partial charge is 0.349 e. The summed E-state index contributed by atoms with van der Waals surface area (Å²) in [6.07, 6.45) is 11.6. The standard InChI is InChI=1S/C18H31NO/c1-15(2)9-7-8-10-16(3)11-12-17(4)13-14-18(20)19(5)6/h9-10,13H,7-8,11-12,14H2,1-6H3/b16-10+,17-13+. The number of unbranched alkanes of at least 4 members (excludes halogenated alkanes) is 1. The minimum Gasteiger partial charge on any atom is -0.349 e. The Morgan fingerprint density at radius 2 is 1.35 bits per heavy atom. The van der Waals surface area contributed by atoms with E-state index in [0.29, 0.717) is 6.42 Å². The summed E-state index contributed by atoms with van der Waals surface area (Å²) in [5, 5.41) is 0. The molecule has 0 N–H and O–H groups in total. The van der Waals surface area contributed by atoms with Crippen LogP contribution in [0.2, 0.25) is 0 Å². The number of nitrogens with zero attached hydrogens (tertiary/aromatic N) is 1. The molecule has 2 nitrogen and oxygen atoms in total. The molecule has 0 radical (unpaired) electrons. The Kier molecular flexibility index (Phi) is 9.79. The Morgan fingerprint density at radius 3 is 1.85 bits per heavy atom. The van der Waals surface area contributed by atoms with E-state index in [1.165, 1.54) is 16.7 Å². The number of allylic oxidation sites excluding steroid dienone is 5. The zero-order chi connectivity index (χ0) is 15.5. The predicted molar refractivity (Wildman–Crippen MR) is 88.7 cm³/mol. The Morgan fingerprint density at radius 1 is 0.850 bits per heavy atom. The van der Waals surface area contributed by atoms with E-state index in [2.05, 4.69) is 45.9 Å². The Hall–Kier alpha value is -1.31. The summed E-state index contributed by atoms with van der Waals surface area (Å²) in [5.74, 6) is 0.165. The molecule has 114 valence electrons. The van der Waals surface area contributed by atoms with Gasteiger partial charge in [-0.3, -0.25) is 4.79 Å². The van der Waals surface area contributed by atoms with Gasteiger partial charge in [-0.25, -0.2) is 0 Å². The number of amides is 1. The molecular formula is C18H31NO. The van der Waals surface area contributed by atoms with Gasteiger partial charge in [-0.05, 0) is 53.4 Å². The molecule has 0 fully saturated rings. The summed E-state index contributed by atoms with van der Waals surface area (Å²) in [4.78, 5) is 13.1. The highest BCUT2D eigenvalue weighted by Crippen LogP contribution is 2.13. The van der Waals surface area contributed by atoms with Gasteiger partial charge in [-0.1, -0.05) is 34.9 Å². The monoisotopic (exact) mass is 277 g/mol. The van der Waals surface area contributed by atoms with E-state index in [1.807, 2.05) is 0 Å². The molecule has 0 heterocycles. The second-order valence-corrected chi connectivity index (χ2v) is 5.95. The van der Waals surface area contributed by atoms with Gasteiger partial charge in [0, 0.05) is 20.5 Å². The van der Waals surface area contributed by atoms with Crippen molar-refractivity contribution >= 4 is 5.91 Å². The summed E-state index contributed by atoms with van der Waals surface area (Å²) in [7, 11) is 3.59. The lowest BCUT2D eigenvalue weighted by molar-refractivity contribution is -0.127. The Bertz CT molecular complexity index is 382. The van der Waals surface area contributed by atoms with Gasteiger partial charge >= 0.3 is 0 Å². The van der Waals surface area contributed by atoms with Gasteiger partial charge in [0.2, 0.25) is 5.91 Å². The van der Waals surface area contributed by atoms with E-state index in [9.17, 15) is 4.79 Å². The molecular weight excluding hydrogens is 246 g/mol. The van der Waals surface area contributed by atoms with E-state index in [0.717, 1.165) is 25.7 Å². The molecule has 20 heavy (non-hydrogen) atoms. The predicted octanol–water partition coefficient (Wildman–Crippen LogP) is 4.88. The quantitative estimate of drug-likeness (QED) is 0.457. The average molecular weight is 277 g/mol. The van der Waals surface area contributed by atoms with Crippen LogP contribution in [-0.2, 0) is 4.79 Å². The minimum atomic E-state index is 0.165. The van der Waals surface area contributed by atoms with Crippen LogP contribution in [0.15, 0.2) is 34.9 Å². The lowest BCUT2D eigenvalue weighted by Gasteiger charge is -2.08. The van der Waals surface area contributed by atoms with Crippen LogP contribution in [0.3, 0.4) is 0 Å². The van der Waals surface area contributed by atoms with Gasteiger partial charge in [0.1, 0.15) is 0 Å². The molecule has 0 aliphatic heterocycles. The molecule has 0 aliphatic carbocycles. The maximum Gasteiger partial charge on any atom is 0.225 e. The van der Waals surface area contributed by atoms with Crippen LogP contribution in [-0.4, -0.2) is 24.9 Å². The zero-order valence-electron chi connectivity index (χ0n) is 14.1. The minimum absolute atomic E-state index is 0.165. The number of carbonyl (C=O) groups excluding carboxylic acids is 1. The van der Waals surface area contributed by atoms with Crippen LogP contribution in [0.5, 0.6) is 0 Å². The fourth-order valence-corrected chi connectivity index (χ4v) is 1.74. The molecule has 0 saturated heterocycles. The summed E-state index contributed by atoms with van der Waals surface area (Å²) in [6.45, 7) is 8.58. The van der Waals surface area contributed by atoms with Crippen molar-refractivity contribution in [3.63, 3.8) is 0 Å². The molecule has 0 aliphatic rings. The SMILES string of the molecule is CC(C)=CCC/C=C(\C)CC/C(C)=C/CC(=O)N(C)C. The Labute approximate surface area is 125 Å². The Balaban J connectivity index is 4.01. The van der Waals surface area contributed by atoms with Crippen LogP contribution in [0.25, 0.3) is 0 Å². The van der Waals surface area contributed by atoms with Crippen molar-refractivity contribution in [1.82, 2.24) is 4.90 Å². The summed E-state index contributed by atoms with van der Waals surface area (Å²) in [5.41, 5.74) is 4.14. The third kappa shape index (κ3) is 10.6. The molecule has 0 saturated carbocycles. The topological polar surface area (TPSA) is 20.3 Å². The van der Waals surface area contributed by atoms with Crippen LogP contribution < -0.4 is 0 Å². The van der Waals surface area contributed by atoms with E-state index in [4.69, 9.17) is 0 Å². The first kappa shape index (κ1) is 18.7. The maximum atomic E-state index is 11.5. The summed E-state index contributed by atoms with van der Waals surface area (Å²) in [6, 6.07) is 0. The number of hydrogen-bond acceptors (Lipinski definition) is 1. The summed E-state index contributed by atoms with van der Waals surface area (Å²) < 4.78 is 0. The van der Waals surface area contributed by atoms with Gasteiger partial charge in [0.25, 0.3) is 0 Å². The molecule has 0 unspecified atom stereocenters. The molecule has 0 aromatic carbocycles. The van der Waals surface area contributed by atoms with Crippen molar-refractivity contribution in [1.29, 1.82) is 0 Å². The van der Waals surface area contributed by atoms with Crippen molar-refractivity contribution < 1.29 is 4.79 Å². The molecule has 0 bridgehead atoms. The summed E-state index contributed by atoms with van der Waals surface area (Å²) >= 11 is 0. The molecule has 0 aromatic heterocycles. The van der Waals surface area contributed by atoms with Gasteiger partial charge in [0.15, 0.2) is 0 Å². The van der Waals surface area contributed by atoms with Crippen molar-refractivity contribution in [2.75, 3.05) is 14.1 Å². The smallest absolute Gasteiger partial charge is 0.225 e. The van der Waals surface area contributed by atoms with Crippen LogP contribution in [0.4, 0.5) is 0 Å². The van der Waals surface area contributed by atoms with Gasteiger partial charge in [-0.2, -0.15) is 0 Å². The van der Waals surface area contributed by atoms with Crippen molar-refractivity contribution in [3.05, 3.63) is 34.9 Å². The molecule has 0 aromatic rings. The second kappa shape index (κ2) is 10.5. The fourth-order valence-electron chi connectivity index (χ4n) is 1.74.